The van der Waals surface area contributed by atoms with Gasteiger partial charge in [-0.25, -0.2) is 0 Å². The molecule has 0 atom stereocenters. The predicted molar refractivity (Wildman–Crippen MR) is 74.3 cm³/mol. The van der Waals surface area contributed by atoms with Crippen LogP contribution < -0.4 is 0 Å². The maximum atomic E-state index is 12.0. The Kier molecular flexibility index (Phi) is 4.21. The van der Waals surface area contributed by atoms with Crippen molar-refractivity contribution in [2.24, 2.45) is 0 Å². The molecule has 0 unspecified atom stereocenters. The van der Waals surface area contributed by atoms with Crippen LogP contribution in [-0.4, -0.2) is 30.3 Å². The zero-order valence-corrected chi connectivity index (χ0v) is 13.0. The van der Waals surface area contributed by atoms with Gasteiger partial charge < -0.3 is 0 Å². The topological polar surface area (TPSA) is 20.3 Å². The average Bonchev–Trinajstić information content (AvgIpc) is 2.41. The van der Waals surface area contributed by atoms with Gasteiger partial charge in [0.2, 0.25) is 0 Å². The van der Waals surface area contributed by atoms with Crippen molar-refractivity contribution >= 4 is 49.0 Å². The summed E-state index contributed by atoms with van der Waals surface area (Å²) in [4.78, 5) is 14.2. The van der Waals surface area contributed by atoms with Gasteiger partial charge in [-0.05, 0) is 57.8 Å². The van der Waals surface area contributed by atoms with Gasteiger partial charge in [-0.15, -0.1) is 11.3 Å². The lowest BCUT2D eigenvalue weighted by atomic mass is 9.91. The molecule has 2 rings (SSSR count). The first-order chi connectivity index (χ1) is 7.58. The van der Waals surface area contributed by atoms with Gasteiger partial charge in [0.25, 0.3) is 0 Å². The van der Waals surface area contributed by atoms with Crippen molar-refractivity contribution in [3.63, 3.8) is 0 Å². The monoisotopic (exact) mass is 365 g/mol. The van der Waals surface area contributed by atoms with Crippen LogP contribution in [0, 0.1) is 0 Å². The molecule has 0 aromatic carbocycles. The zero-order valence-electron chi connectivity index (χ0n) is 9.00. The fraction of sp³-hybridized carbons (Fsp3) is 0.545. The quantitative estimate of drug-likeness (QED) is 0.752. The number of halogens is 2. The van der Waals surface area contributed by atoms with Crippen LogP contribution in [-0.2, 0) is 0 Å². The molecule has 1 aliphatic rings. The summed E-state index contributed by atoms with van der Waals surface area (Å²) in [6, 6.07) is 2.51. The Morgan fingerprint density at radius 1 is 1.56 bits per heavy atom. The van der Waals surface area contributed by atoms with Crippen LogP contribution >= 0.6 is 43.2 Å². The van der Waals surface area contributed by atoms with Gasteiger partial charge in [0.05, 0.1) is 14.1 Å². The molecular formula is C11H13Br2NOS. The van der Waals surface area contributed by atoms with Crippen molar-refractivity contribution in [2.45, 2.75) is 25.3 Å². The van der Waals surface area contributed by atoms with Crippen molar-refractivity contribution in [1.82, 2.24) is 4.90 Å². The first-order valence-electron chi connectivity index (χ1n) is 5.26. The van der Waals surface area contributed by atoms with E-state index in [1.165, 1.54) is 19.3 Å². The zero-order chi connectivity index (χ0) is 11.7. The molecule has 1 fully saturated rings. The van der Waals surface area contributed by atoms with Crippen LogP contribution in [0.5, 0.6) is 0 Å². The summed E-state index contributed by atoms with van der Waals surface area (Å²) in [6.45, 7) is 0.520. The van der Waals surface area contributed by atoms with Crippen LogP contribution in [0.3, 0.4) is 0 Å². The van der Waals surface area contributed by atoms with Crippen LogP contribution in [0.1, 0.15) is 29.6 Å². The van der Waals surface area contributed by atoms with Gasteiger partial charge in [-0.3, -0.25) is 9.69 Å². The molecule has 0 spiro atoms. The lowest BCUT2D eigenvalue weighted by molar-refractivity contribution is 0.0870. The van der Waals surface area contributed by atoms with Gasteiger partial charge in [-0.1, -0.05) is 6.42 Å². The molecule has 88 valence electrons. The largest absolute Gasteiger partial charge is 0.296 e. The third-order valence-electron chi connectivity index (χ3n) is 3.05. The van der Waals surface area contributed by atoms with Crippen LogP contribution in [0.2, 0.25) is 0 Å². The summed E-state index contributed by atoms with van der Waals surface area (Å²) >= 11 is 8.37. The fourth-order valence-electron chi connectivity index (χ4n) is 1.80. The average molecular weight is 367 g/mol. The first-order valence-corrected chi connectivity index (χ1v) is 7.66. The number of rotatable bonds is 4. The molecule has 5 heteroatoms. The Morgan fingerprint density at radius 2 is 2.25 bits per heavy atom. The summed E-state index contributed by atoms with van der Waals surface area (Å²) in [6.07, 6.45) is 3.77. The molecule has 1 heterocycles. The minimum Gasteiger partial charge on any atom is -0.296 e. The summed E-state index contributed by atoms with van der Waals surface area (Å²) in [5, 5.41) is 0. The standard InChI is InChI=1S/C11H13Br2NOS/c1-14(7-3-2-4-7)6-9(15)8-5-10(12)16-11(8)13/h5,7H,2-4,6H2,1H3. The van der Waals surface area contributed by atoms with E-state index in [9.17, 15) is 4.79 Å². The number of carbonyl (C=O) groups is 1. The highest BCUT2D eigenvalue weighted by Crippen LogP contribution is 2.32. The predicted octanol–water partition coefficient (Wildman–Crippen LogP) is 3.94. The lowest BCUT2D eigenvalue weighted by Gasteiger charge is -2.34. The first kappa shape index (κ1) is 12.7. The second-order valence-corrected chi connectivity index (χ2v) is 7.91. The number of carbonyl (C=O) groups excluding carboxylic acids is 1. The molecule has 0 radical (unpaired) electrons. The Morgan fingerprint density at radius 3 is 2.69 bits per heavy atom. The molecule has 0 N–H and O–H groups in total. The van der Waals surface area contributed by atoms with E-state index in [1.54, 1.807) is 11.3 Å². The van der Waals surface area contributed by atoms with Crippen LogP contribution in [0.15, 0.2) is 13.6 Å². The molecule has 0 bridgehead atoms. The highest BCUT2D eigenvalue weighted by molar-refractivity contribution is 9.12. The highest BCUT2D eigenvalue weighted by Gasteiger charge is 2.24. The molecular weight excluding hydrogens is 354 g/mol. The van der Waals surface area contributed by atoms with Gasteiger partial charge >= 0.3 is 0 Å². The van der Waals surface area contributed by atoms with E-state index in [-0.39, 0.29) is 5.78 Å². The lowest BCUT2D eigenvalue weighted by Crippen LogP contribution is -2.40. The summed E-state index contributed by atoms with van der Waals surface area (Å²) in [7, 11) is 2.04. The Hall–Kier alpha value is 0.290. The molecule has 1 aromatic rings. The van der Waals surface area contributed by atoms with Crippen molar-refractivity contribution in [3.8, 4) is 0 Å². The van der Waals surface area contributed by atoms with Crippen molar-refractivity contribution < 1.29 is 4.79 Å². The number of hydrogen-bond donors (Lipinski definition) is 0. The maximum Gasteiger partial charge on any atom is 0.178 e. The van der Waals surface area contributed by atoms with E-state index >= 15 is 0 Å². The van der Waals surface area contributed by atoms with Crippen molar-refractivity contribution in [3.05, 3.63) is 19.2 Å². The highest BCUT2D eigenvalue weighted by atomic mass is 79.9. The molecule has 0 amide bonds. The van der Waals surface area contributed by atoms with Crippen molar-refractivity contribution in [2.75, 3.05) is 13.6 Å². The minimum absolute atomic E-state index is 0.197. The minimum atomic E-state index is 0.197. The van der Waals surface area contributed by atoms with E-state index in [2.05, 4.69) is 36.8 Å². The van der Waals surface area contributed by atoms with E-state index in [4.69, 9.17) is 0 Å². The molecule has 2 nitrogen and oxygen atoms in total. The maximum absolute atomic E-state index is 12.0. The second kappa shape index (κ2) is 5.29. The smallest absolute Gasteiger partial charge is 0.178 e. The van der Waals surface area contributed by atoms with E-state index in [1.807, 2.05) is 13.1 Å². The molecule has 1 saturated carbocycles. The Balaban J connectivity index is 1.99. The van der Waals surface area contributed by atoms with Crippen LogP contribution in [0.25, 0.3) is 0 Å². The number of ketones is 1. The fourth-order valence-corrected chi connectivity index (χ4v) is 4.65. The summed E-state index contributed by atoms with van der Waals surface area (Å²) in [5.41, 5.74) is 0.794. The third-order valence-corrected chi connectivity index (χ3v) is 5.39. The van der Waals surface area contributed by atoms with E-state index in [0.717, 1.165) is 13.1 Å². The van der Waals surface area contributed by atoms with Gasteiger partial charge in [-0.2, -0.15) is 0 Å². The number of nitrogens with zero attached hydrogens (tertiary/aromatic N) is 1. The summed E-state index contributed by atoms with van der Waals surface area (Å²) in [5.74, 6) is 0.197. The Labute approximate surface area is 116 Å². The number of likely N-dealkylation sites (N-methyl/N-ethyl adjacent to an activating group) is 1. The molecule has 1 aliphatic carbocycles. The molecule has 0 aliphatic heterocycles. The molecule has 1 aromatic heterocycles. The number of thiophene rings is 1. The van der Waals surface area contributed by atoms with Gasteiger partial charge in [0.1, 0.15) is 0 Å². The molecule has 0 saturated heterocycles. The number of Topliss-reactive ketones (excluding diaryl/α,β-unsaturated/α-hetero) is 1. The Bertz CT molecular complexity index is 401. The SMILES string of the molecule is CN(CC(=O)c1cc(Br)sc1Br)C1CCC1. The van der Waals surface area contributed by atoms with Crippen LogP contribution in [0.4, 0.5) is 0 Å². The number of hydrogen-bond acceptors (Lipinski definition) is 3. The van der Waals surface area contributed by atoms with E-state index in [0.29, 0.717) is 12.6 Å². The third kappa shape index (κ3) is 2.75. The second-order valence-electron chi connectivity index (χ2n) is 4.16. The van der Waals surface area contributed by atoms with Gasteiger partial charge in [0, 0.05) is 11.6 Å². The summed E-state index contributed by atoms with van der Waals surface area (Å²) < 4.78 is 1.92. The normalized spacial score (nSPS) is 16.5. The molecule has 16 heavy (non-hydrogen) atoms. The van der Waals surface area contributed by atoms with Crippen molar-refractivity contribution in [1.29, 1.82) is 0 Å². The van der Waals surface area contributed by atoms with Gasteiger partial charge in [0.15, 0.2) is 5.78 Å². The van der Waals surface area contributed by atoms with E-state index < -0.39 is 0 Å².